The molecule has 2 rings (SSSR count). The molecule has 1 fully saturated rings. The summed E-state index contributed by atoms with van der Waals surface area (Å²) < 4.78 is 6.73. The van der Waals surface area contributed by atoms with E-state index in [9.17, 15) is 15.2 Å². The molecule has 0 amide bonds. The van der Waals surface area contributed by atoms with Gasteiger partial charge in [-0.1, -0.05) is 0 Å². The molecule has 1 aromatic rings. The van der Waals surface area contributed by atoms with Crippen molar-refractivity contribution in [3.05, 3.63) is 21.5 Å². The highest BCUT2D eigenvalue weighted by Crippen LogP contribution is 2.21. The largest absolute Gasteiger partial charge is 0.390 e. The molecule has 0 spiro atoms. The summed E-state index contributed by atoms with van der Waals surface area (Å²) in [5.41, 5.74) is 0.863. The molecule has 1 aromatic heterocycles. The molecular formula is C12H20N4O4. The predicted octanol–water partition coefficient (Wildman–Crippen LogP) is 0.148. The normalized spacial score (nSPS) is 20.2. The fraction of sp³-hybridized carbons (Fsp3) is 0.750. The number of hydrogen-bond acceptors (Lipinski definition) is 6. The fourth-order valence-electron chi connectivity index (χ4n) is 2.39. The molecule has 0 aromatic carbocycles. The van der Waals surface area contributed by atoms with Gasteiger partial charge in [0.15, 0.2) is 0 Å². The van der Waals surface area contributed by atoms with Gasteiger partial charge < -0.3 is 15.2 Å². The molecule has 8 heteroatoms. The lowest BCUT2D eigenvalue weighted by Crippen LogP contribution is -2.37. The van der Waals surface area contributed by atoms with Crippen LogP contribution < -0.4 is 5.32 Å². The van der Waals surface area contributed by atoms with E-state index in [0.717, 1.165) is 13.0 Å². The summed E-state index contributed by atoms with van der Waals surface area (Å²) in [5.74, 6) is 0. The van der Waals surface area contributed by atoms with Crippen molar-refractivity contribution in [2.75, 3.05) is 19.8 Å². The first-order chi connectivity index (χ1) is 9.49. The van der Waals surface area contributed by atoms with Gasteiger partial charge in [-0.05, 0) is 20.3 Å². The first-order valence-corrected chi connectivity index (χ1v) is 6.66. The molecule has 2 N–H and O–H groups in total. The van der Waals surface area contributed by atoms with E-state index in [4.69, 9.17) is 4.74 Å². The van der Waals surface area contributed by atoms with Gasteiger partial charge in [0.05, 0.1) is 24.2 Å². The van der Waals surface area contributed by atoms with Crippen molar-refractivity contribution < 1.29 is 14.8 Å². The van der Waals surface area contributed by atoms with Gasteiger partial charge in [-0.3, -0.25) is 14.8 Å². The van der Waals surface area contributed by atoms with Crippen LogP contribution in [0.15, 0.2) is 0 Å². The second-order valence-corrected chi connectivity index (χ2v) is 5.08. The van der Waals surface area contributed by atoms with Gasteiger partial charge in [-0.25, -0.2) is 0 Å². The fourth-order valence-corrected chi connectivity index (χ4v) is 2.39. The summed E-state index contributed by atoms with van der Waals surface area (Å²) >= 11 is 0. The van der Waals surface area contributed by atoms with E-state index >= 15 is 0 Å². The van der Waals surface area contributed by atoms with Gasteiger partial charge in [0, 0.05) is 19.2 Å². The van der Waals surface area contributed by atoms with E-state index in [1.807, 2.05) is 0 Å². The summed E-state index contributed by atoms with van der Waals surface area (Å²) in [6, 6.07) is 0.277. The zero-order valence-corrected chi connectivity index (χ0v) is 11.7. The highest BCUT2D eigenvalue weighted by molar-refractivity contribution is 5.39. The van der Waals surface area contributed by atoms with Gasteiger partial charge in [0.2, 0.25) is 0 Å². The number of rotatable bonds is 6. The van der Waals surface area contributed by atoms with Gasteiger partial charge in [0.1, 0.15) is 11.4 Å². The van der Waals surface area contributed by atoms with Crippen molar-refractivity contribution in [2.45, 2.75) is 39.0 Å². The van der Waals surface area contributed by atoms with Crippen LogP contribution >= 0.6 is 0 Å². The maximum absolute atomic E-state index is 10.9. The van der Waals surface area contributed by atoms with Crippen molar-refractivity contribution in [3.63, 3.8) is 0 Å². The van der Waals surface area contributed by atoms with Crippen LogP contribution in [-0.4, -0.2) is 51.7 Å². The van der Waals surface area contributed by atoms with Crippen LogP contribution in [0.1, 0.15) is 17.8 Å². The van der Waals surface area contributed by atoms with Gasteiger partial charge in [-0.2, -0.15) is 5.10 Å². The Bertz CT molecular complexity index is 482. The molecule has 1 aliphatic heterocycles. The lowest BCUT2D eigenvalue weighted by molar-refractivity contribution is -0.386. The van der Waals surface area contributed by atoms with Crippen LogP contribution in [0.4, 0.5) is 5.69 Å². The van der Waals surface area contributed by atoms with Crippen LogP contribution in [-0.2, 0) is 11.3 Å². The van der Waals surface area contributed by atoms with Crippen LogP contribution in [0, 0.1) is 24.0 Å². The third-order valence-electron chi connectivity index (χ3n) is 3.48. The van der Waals surface area contributed by atoms with Crippen molar-refractivity contribution in [2.24, 2.45) is 0 Å². The number of aromatic nitrogens is 2. The third-order valence-corrected chi connectivity index (χ3v) is 3.48. The molecule has 2 heterocycles. The van der Waals surface area contributed by atoms with Crippen molar-refractivity contribution in [1.29, 1.82) is 0 Å². The van der Waals surface area contributed by atoms with Crippen molar-refractivity contribution in [1.82, 2.24) is 15.1 Å². The minimum atomic E-state index is -0.645. The molecule has 0 radical (unpaired) electrons. The second kappa shape index (κ2) is 6.29. The standard InChI is InChI=1S/C12H20N4O4/c1-8-12(16(18)19)9(2)15(14-8)6-11(17)5-13-10-3-4-20-7-10/h10-11,13,17H,3-7H2,1-2H3. The van der Waals surface area contributed by atoms with Crippen LogP contribution in [0.25, 0.3) is 0 Å². The van der Waals surface area contributed by atoms with Gasteiger partial charge in [-0.15, -0.1) is 0 Å². The lowest BCUT2D eigenvalue weighted by atomic mass is 10.2. The molecule has 0 bridgehead atoms. The van der Waals surface area contributed by atoms with E-state index in [1.54, 1.807) is 13.8 Å². The molecule has 2 unspecified atom stereocenters. The van der Waals surface area contributed by atoms with E-state index in [1.165, 1.54) is 4.68 Å². The molecule has 0 aliphatic carbocycles. The van der Waals surface area contributed by atoms with Crippen LogP contribution in [0.3, 0.4) is 0 Å². The van der Waals surface area contributed by atoms with Crippen molar-refractivity contribution in [3.8, 4) is 0 Å². The topological polar surface area (TPSA) is 102 Å². The zero-order valence-electron chi connectivity index (χ0n) is 11.7. The second-order valence-electron chi connectivity index (χ2n) is 5.08. The molecule has 0 saturated carbocycles. The Hall–Kier alpha value is -1.51. The van der Waals surface area contributed by atoms with Gasteiger partial charge >= 0.3 is 5.69 Å². The Labute approximate surface area is 116 Å². The number of ether oxygens (including phenoxy) is 1. The van der Waals surface area contributed by atoms with Gasteiger partial charge in [0.25, 0.3) is 0 Å². The summed E-state index contributed by atoms with van der Waals surface area (Å²) in [6.07, 6.45) is 0.297. The maximum atomic E-state index is 10.9. The minimum Gasteiger partial charge on any atom is -0.390 e. The molecule has 1 aliphatic rings. The lowest BCUT2D eigenvalue weighted by Gasteiger charge is -2.15. The molecule has 2 atom stereocenters. The number of aliphatic hydroxyl groups is 1. The highest BCUT2D eigenvalue weighted by Gasteiger charge is 2.23. The maximum Gasteiger partial charge on any atom is 0.312 e. The van der Waals surface area contributed by atoms with Crippen molar-refractivity contribution >= 4 is 5.69 Å². The van der Waals surface area contributed by atoms with Crippen LogP contribution in [0.5, 0.6) is 0 Å². The Morgan fingerprint density at radius 1 is 1.65 bits per heavy atom. The average Bonchev–Trinajstić information content (AvgIpc) is 2.96. The Morgan fingerprint density at radius 2 is 2.40 bits per heavy atom. The highest BCUT2D eigenvalue weighted by atomic mass is 16.6. The average molecular weight is 284 g/mol. The smallest absolute Gasteiger partial charge is 0.312 e. The Kier molecular flexibility index (Phi) is 4.69. The molecule has 20 heavy (non-hydrogen) atoms. The number of nitrogens with zero attached hydrogens (tertiary/aromatic N) is 3. The first kappa shape index (κ1) is 14.9. The summed E-state index contributed by atoms with van der Waals surface area (Å²) in [5, 5.41) is 28.2. The number of hydrogen-bond donors (Lipinski definition) is 2. The van der Waals surface area contributed by atoms with E-state index in [-0.39, 0.29) is 18.3 Å². The Morgan fingerprint density at radius 3 is 2.95 bits per heavy atom. The quantitative estimate of drug-likeness (QED) is 0.569. The number of nitrogens with one attached hydrogen (secondary N) is 1. The third kappa shape index (κ3) is 3.33. The summed E-state index contributed by atoms with van der Waals surface area (Å²) in [6.45, 7) is 5.31. The Balaban J connectivity index is 1.92. The minimum absolute atomic E-state index is 0.0225. The summed E-state index contributed by atoms with van der Waals surface area (Å²) in [4.78, 5) is 10.5. The SMILES string of the molecule is Cc1nn(CC(O)CNC2CCOC2)c(C)c1[N+](=O)[O-]. The first-order valence-electron chi connectivity index (χ1n) is 6.66. The van der Waals surface area contributed by atoms with E-state index < -0.39 is 11.0 Å². The molecule has 1 saturated heterocycles. The van der Waals surface area contributed by atoms with E-state index in [2.05, 4.69) is 10.4 Å². The zero-order chi connectivity index (χ0) is 14.7. The number of nitro groups is 1. The van der Waals surface area contributed by atoms with Crippen LogP contribution in [0.2, 0.25) is 0 Å². The number of aliphatic hydroxyl groups excluding tert-OH is 1. The predicted molar refractivity (Wildman–Crippen MR) is 71.6 cm³/mol. The molecule has 8 nitrogen and oxygen atoms in total. The van der Waals surface area contributed by atoms with E-state index in [0.29, 0.717) is 24.5 Å². The summed E-state index contributed by atoms with van der Waals surface area (Å²) in [7, 11) is 0. The monoisotopic (exact) mass is 284 g/mol. The molecule has 112 valence electrons. The molecular weight excluding hydrogens is 264 g/mol. The number of aryl methyl sites for hydroxylation is 1.